The molecule has 2 heterocycles. The third-order valence-electron chi connectivity index (χ3n) is 9.41. The SMILES string of the molecule is C[C@H](NP(=O)(OCC(CCn1cnc2c(=O)[nH]c(N=CN(C)C)nc21)COP(=O)(N[C@@H](C)C(=O)OCc1ccccc1)Oc1ccccc1)Oc1ccccc1)C(=O)OCc1ccccc1. The number of ether oxygens (including phenoxy) is 2. The van der Waals surface area contributed by atoms with Crippen LogP contribution >= 0.6 is 15.5 Å². The summed E-state index contributed by atoms with van der Waals surface area (Å²) in [6, 6.07) is 32.3. The molecule has 3 N–H and O–H groups in total. The average molecular weight is 943 g/mol. The Morgan fingerprint density at radius 2 is 1.20 bits per heavy atom. The number of para-hydroxylation sites is 2. The highest BCUT2D eigenvalue weighted by molar-refractivity contribution is 7.52. The highest BCUT2D eigenvalue weighted by atomic mass is 31.2. The minimum atomic E-state index is -4.42. The summed E-state index contributed by atoms with van der Waals surface area (Å²) in [5.41, 5.74) is 1.31. The van der Waals surface area contributed by atoms with E-state index in [1.54, 1.807) is 108 Å². The largest absolute Gasteiger partial charge is 0.460 e. The van der Waals surface area contributed by atoms with Crippen LogP contribution in [0.2, 0.25) is 0 Å². The highest BCUT2D eigenvalue weighted by Gasteiger charge is 2.36. The number of aliphatic imine (C=N–C) groups is 1. The van der Waals surface area contributed by atoms with Crippen molar-refractivity contribution in [2.24, 2.45) is 10.9 Å². The van der Waals surface area contributed by atoms with Crippen molar-refractivity contribution in [3.8, 4) is 11.5 Å². The lowest BCUT2D eigenvalue weighted by Crippen LogP contribution is -2.36. The van der Waals surface area contributed by atoms with Crippen LogP contribution < -0.4 is 24.8 Å². The van der Waals surface area contributed by atoms with E-state index in [4.69, 9.17) is 27.6 Å². The summed E-state index contributed by atoms with van der Waals surface area (Å²) < 4.78 is 66.0. The number of esters is 2. The number of benzene rings is 4. The van der Waals surface area contributed by atoms with Crippen LogP contribution in [0.5, 0.6) is 11.5 Å². The molecule has 6 rings (SSSR count). The predicted molar refractivity (Wildman–Crippen MR) is 247 cm³/mol. The van der Waals surface area contributed by atoms with Crippen LogP contribution in [0.25, 0.3) is 11.2 Å². The summed E-state index contributed by atoms with van der Waals surface area (Å²) in [4.78, 5) is 56.6. The Morgan fingerprint density at radius 3 is 1.65 bits per heavy atom. The second-order valence-electron chi connectivity index (χ2n) is 15.1. The van der Waals surface area contributed by atoms with Gasteiger partial charge in [0.1, 0.15) is 36.8 Å². The van der Waals surface area contributed by atoms with Crippen molar-refractivity contribution in [3.05, 3.63) is 149 Å². The molecule has 0 saturated heterocycles. The number of nitrogens with one attached hydrogen (secondary N) is 3. The number of H-pyrrole nitrogens is 1. The molecular formula is C45H52N8O11P2. The number of imidazole rings is 1. The molecule has 4 aromatic carbocycles. The molecule has 2 unspecified atom stereocenters. The van der Waals surface area contributed by atoms with Crippen molar-refractivity contribution < 1.29 is 46.3 Å². The third kappa shape index (κ3) is 15.1. The van der Waals surface area contributed by atoms with Gasteiger partial charge in [0.25, 0.3) is 5.56 Å². The fourth-order valence-corrected chi connectivity index (χ4v) is 9.12. The molecule has 4 atom stereocenters. The first-order valence-corrected chi connectivity index (χ1v) is 24.0. The van der Waals surface area contributed by atoms with Crippen LogP contribution in [0.3, 0.4) is 0 Å². The molecule has 66 heavy (non-hydrogen) atoms. The van der Waals surface area contributed by atoms with Gasteiger partial charge in [-0.2, -0.15) is 15.2 Å². The van der Waals surface area contributed by atoms with Gasteiger partial charge < -0.3 is 28.0 Å². The van der Waals surface area contributed by atoms with Crippen molar-refractivity contribution >= 4 is 50.9 Å². The van der Waals surface area contributed by atoms with Crippen LogP contribution in [-0.4, -0.2) is 82.1 Å². The van der Waals surface area contributed by atoms with Crippen molar-refractivity contribution in [1.82, 2.24) is 34.6 Å². The molecule has 348 valence electrons. The number of aryl methyl sites for hydroxylation is 1. The van der Waals surface area contributed by atoms with E-state index < -0.39 is 51.0 Å². The molecule has 2 aromatic heterocycles. The maximum atomic E-state index is 14.7. The van der Waals surface area contributed by atoms with Crippen LogP contribution in [0.1, 0.15) is 31.4 Å². The molecule has 0 amide bonds. The van der Waals surface area contributed by atoms with E-state index in [2.05, 4.69) is 30.1 Å². The average Bonchev–Trinajstić information content (AvgIpc) is 3.73. The van der Waals surface area contributed by atoms with E-state index in [9.17, 15) is 23.5 Å². The first-order chi connectivity index (χ1) is 31.8. The van der Waals surface area contributed by atoms with Gasteiger partial charge in [0.15, 0.2) is 11.2 Å². The Hall–Kier alpha value is -6.46. The molecular weight excluding hydrogens is 890 g/mol. The summed E-state index contributed by atoms with van der Waals surface area (Å²) in [5.74, 6) is -1.81. The number of rotatable bonds is 25. The van der Waals surface area contributed by atoms with Gasteiger partial charge in [-0.05, 0) is 55.7 Å². The number of fused-ring (bicyclic) bond motifs is 1. The maximum Gasteiger partial charge on any atom is 0.459 e. The summed E-state index contributed by atoms with van der Waals surface area (Å²) in [7, 11) is -5.31. The van der Waals surface area contributed by atoms with Gasteiger partial charge in [0, 0.05) is 26.6 Å². The predicted octanol–water partition coefficient (Wildman–Crippen LogP) is 7.20. The second kappa shape index (κ2) is 23.6. The lowest BCUT2D eigenvalue weighted by molar-refractivity contribution is -0.147. The Balaban J connectivity index is 1.25. The molecule has 0 fully saturated rings. The lowest BCUT2D eigenvalue weighted by atomic mass is 10.1. The number of aromatic nitrogens is 4. The molecule has 0 bridgehead atoms. The Morgan fingerprint density at radius 1 is 0.742 bits per heavy atom. The monoisotopic (exact) mass is 942 g/mol. The summed E-state index contributed by atoms with van der Waals surface area (Å²) >= 11 is 0. The number of hydrogen-bond acceptors (Lipinski definition) is 14. The van der Waals surface area contributed by atoms with Crippen molar-refractivity contribution in [3.63, 3.8) is 0 Å². The van der Waals surface area contributed by atoms with E-state index in [0.29, 0.717) is 0 Å². The summed E-state index contributed by atoms with van der Waals surface area (Å²) in [5, 5.41) is 5.40. The van der Waals surface area contributed by atoms with E-state index in [0.717, 1.165) is 11.1 Å². The van der Waals surface area contributed by atoms with Crippen molar-refractivity contribution in [2.45, 2.75) is 52.1 Å². The molecule has 0 radical (unpaired) electrons. The fraction of sp³-hybridized carbons (Fsp3) is 0.289. The zero-order valence-electron chi connectivity index (χ0n) is 36.8. The van der Waals surface area contributed by atoms with Crippen LogP contribution in [-0.2, 0) is 57.0 Å². The molecule has 6 aromatic rings. The quantitative estimate of drug-likeness (QED) is 0.0223. The van der Waals surface area contributed by atoms with Crippen LogP contribution in [0.15, 0.2) is 137 Å². The Bertz CT molecular complexity index is 2550. The molecule has 0 spiro atoms. The number of carbonyl (C=O) groups excluding carboxylic acids is 2. The normalized spacial score (nSPS) is 14.7. The van der Waals surface area contributed by atoms with Gasteiger partial charge in [-0.25, -0.2) is 19.1 Å². The number of hydrogen-bond donors (Lipinski definition) is 3. The third-order valence-corrected chi connectivity index (χ3v) is 12.7. The number of aromatic amines is 1. The maximum absolute atomic E-state index is 14.7. The van der Waals surface area contributed by atoms with Crippen LogP contribution in [0, 0.1) is 5.92 Å². The zero-order valence-corrected chi connectivity index (χ0v) is 38.6. The molecule has 0 aliphatic rings. The van der Waals surface area contributed by atoms with Crippen molar-refractivity contribution in [1.29, 1.82) is 0 Å². The Kier molecular flexibility index (Phi) is 17.5. The van der Waals surface area contributed by atoms with E-state index in [1.165, 1.54) is 26.5 Å². The minimum absolute atomic E-state index is 0.0224. The van der Waals surface area contributed by atoms with Crippen molar-refractivity contribution in [2.75, 3.05) is 27.3 Å². The van der Waals surface area contributed by atoms with E-state index >= 15 is 0 Å². The smallest absolute Gasteiger partial charge is 0.459 e. The number of carbonyl (C=O) groups is 2. The van der Waals surface area contributed by atoms with Gasteiger partial charge in [-0.15, -0.1) is 0 Å². The van der Waals surface area contributed by atoms with Gasteiger partial charge in [0.2, 0.25) is 5.95 Å². The molecule has 0 aliphatic carbocycles. The van der Waals surface area contributed by atoms with Gasteiger partial charge in [0.05, 0.1) is 25.9 Å². The topological polar surface area (TPSA) is 227 Å². The fourth-order valence-electron chi connectivity index (χ4n) is 5.99. The molecule has 21 heteroatoms. The molecule has 19 nitrogen and oxygen atoms in total. The first-order valence-electron chi connectivity index (χ1n) is 20.9. The Labute approximate surface area is 381 Å². The second-order valence-corrected chi connectivity index (χ2v) is 18.5. The zero-order chi connectivity index (χ0) is 46.9. The highest BCUT2D eigenvalue weighted by Crippen LogP contribution is 2.48. The first kappa shape index (κ1) is 49.0. The number of nitrogens with zero attached hydrogens (tertiary/aromatic N) is 5. The standard InChI is InChI=1S/C45H52N8O11P2/c1-33(43(55)59-27-35-17-9-5-10-18-35)50-65(57,63-38-21-13-7-14-22-38)61-29-37(25-26-53-32-46-40-41(53)48-45(49-42(40)54)47-31-52(3)4)30-62-66(58,64-39-23-15-8-16-24-39)51-34(2)44(56)60-28-36-19-11-6-12-20-36/h5-24,31-34,37H,25-30H2,1-4H3,(H,50,57)(H,51,58)(H,48,49,54)/t33-,34-,37?,65?,66?/m0/s1. The summed E-state index contributed by atoms with van der Waals surface area (Å²) in [6.07, 6.45) is 3.07. The minimum Gasteiger partial charge on any atom is -0.460 e. The molecule has 0 aliphatic heterocycles. The molecule has 0 saturated carbocycles. The van der Waals surface area contributed by atoms with Gasteiger partial charge in [-0.3, -0.25) is 28.4 Å². The van der Waals surface area contributed by atoms with Crippen LogP contribution in [0.4, 0.5) is 5.95 Å². The summed E-state index contributed by atoms with van der Waals surface area (Å²) in [6.45, 7) is 2.27. The van der Waals surface area contributed by atoms with Gasteiger partial charge in [-0.1, -0.05) is 97.1 Å². The van der Waals surface area contributed by atoms with Gasteiger partial charge >= 0.3 is 27.4 Å². The van der Waals surface area contributed by atoms with E-state index in [1.807, 2.05) is 36.4 Å². The van der Waals surface area contributed by atoms with E-state index in [-0.39, 0.29) is 68.0 Å². The lowest BCUT2D eigenvalue weighted by Gasteiger charge is -2.27.